The fourth-order valence-corrected chi connectivity index (χ4v) is 2.39. The van der Waals surface area contributed by atoms with Crippen LogP contribution in [0.25, 0.3) is 0 Å². The SMILES string of the molecule is NS(=O)(=O)c1cc(C(=O)NC2(C(F)(F)F)CC2)ccc1F. The molecule has 0 aliphatic heterocycles. The number of alkyl halides is 3. The molecule has 0 spiro atoms. The third kappa shape index (κ3) is 3.00. The van der Waals surface area contributed by atoms with Crippen molar-refractivity contribution in [2.75, 3.05) is 0 Å². The van der Waals surface area contributed by atoms with Crippen LogP contribution >= 0.6 is 0 Å². The van der Waals surface area contributed by atoms with Crippen molar-refractivity contribution >= 4 is 15.9 Å². The van der Waals surface area contributed by atoms with Gasteiger partial charge >= 0.3 is 6.18 Å². The van der Waals surface area contributed by atoms with E-state index in [1.54, 1.807) is 5.32 Å². The standard InChI is InChI=1S/C11H10F4N2O3S/c12-7-2-1-6(5-8(7)21(16,19)20)9(18)17-10(3-4-10)11(13,14)15/h1-2,5H,3-4H2,(H,17,18)(H2,16,19,20). The lowest BCUT2D eigenvalue weighted by atomic mass is 10.1. The van der Waals surface area contributed by atoms with Crippen LogP contribution in [0.3, 0.4) is 0 Å². The van der Waals surface area contributed by atoms with Gasteiger partial charge in [0.05, 0.1) is 0 Å². The minimum atomic E-state index is -4.61. The molecule has 0 bridgehead atoms. The average Bonchev–Trinajstić information content (AvgIpc) is 3.08. The normalized spacial score (nSPS) is 17.4. The Bertz CT molecular complexity index is 696. The van der Waals surface area contributed by atoms with Gasteiger partial charge in [0.25, 0.3) is 5.91 Å². The minimum absolute atomic E-state index is 0.258. The molecule has 0 radical (unpaired) electrons. The highest BCUT2D eigenvalue weighted by molar-refractivity contribution is 7.89. The number of hydrogen-bond donors (Lipinski definition) is 2. The minimum Gasteiger partial charge on any atom is -0.338 e. The van der Waals surface area contributed by atoms with Crippen LogP contribution in [0.1, 0.15) is 23.2 Å². The summed E-state index contributed by atoms with van der Waals surface area (Å²) in [6.45, 7) is 0. The summed E-state index contributed by atoms with van der Waals surface area (Å²) in [4.78, 5) is 10.8. The van der Waals surface area contributed by atoms with Gasteiger partial charge in [-0.15, -0.1) is 0 Å². The van der Waals surface area contributed by atoms with Crippen LogP contribution in [0, 0.1) is 5.82 Å². The summed E-state index contributed by atoms with van der Waals surface area (Å²) in [5.41, 5.74) is -2.71. The van der Waals surface area contributed by atoms with E-state index in [0.717, 1.165) is 6.07 Å². The third-order valence-corrected chi connectivity index (χ3v) is 4.07. The van der Waals surface area contributed by atoms with Crippen molar-refractivity contribution in [1.29, 1.82) is 0 Å². The quantitative estimate of drug-likeness (QED) is 0.821. The van der Waals surface area contributed by atoms with Gasteiger partial charge in [-0.05, 0) is 31.0 Å². The van der Waals surface area contributed by atoms with E-state index < -0.39 is 43.9 Å². The molecule has 0 saturated heterocycles. The van der Waals surface area contributed by atoms with Crippen molar-refractivity contribution < 1.29 is 30.8 Å². The molecule has 1 aliphatic rings. The van der Waals surface area contributed by atoms with Gasteiger partial charge in [0, 0.05) is 5.56 Å². The molecule has 116 valence electrons. The second kappa shape index (κ2) is 4.67. The molecule has 1 fully saturated rings. The molecule has 1 aromatic carbocycles. The Balaban J connectivity index is 2.30. The Kier molecular flexibility index (Phi) is 3.49. The van der Waals surface area contributed by atoms with E-state index in [1.165, 1.54) is 0 Å². The lowest BCUT2D eigenvalue weighted by Crippen LogP contribution is -2.47. The van der Waals surface area contributed by atoms with Crippen molar-refractivity contribution in [2.45, 2.75) is 29.5 Å². The van der Waals surface area contributed by atoms with Gasteiger partial charge in [-0.2, -0.15) is 13.2 Å². The molecule has 1 amide bonds. The zero-order valence-electron chi connectivity index (χ0n) is 10.4. The second-order valence-corrected chi connectivity index (χ2v) is 6.25. The second-order valence-electron chi connectivity index (χ2n) is 4.72. The lowest BCUT2D eigenvalue weighted by molar-refractivity contribution is -0.163. The monoisotopic (exact) mass is 326 g/mol. The van der Waals surface area contributed by atoms with Crippen LogP contribution < -0.4 is 10.5 Å². The molecule has 21 heavy (non-hydrogen) atoms. The molecule has 3 N–H and O–H groups in total. The molecule has 0 heterocycles. The first-order chi connectivity index (χ1) is 9.46. The summed E-state index contributed by atoms with van der Waals surface area (Å²) in [5, 5.41) is 6.56. The maximum Gasteiger partial charge on any atom is 0.411 e. The highest BCUT2D eigenvalue weighted by atomic mass is 32.2. The zero-order chi connectivity index (χ0) is 16.1. The summed E-state index contributed by atoms with van der Waals surface area (Å²) in [6.07, 6.45) is -5.12. The number of benzene rings is 1. The van der Waals surface area contributed by atoms with Crippen LogP contribution in [0.15, 0.2) is 23.1 Å². The van der Waals surface area contributed by atoms with Gasteiger partial charge in [0.1, 0.15) is 16.3 Å². The van der Waals surface area contributed by atoms with Crippen LogP contribution in [0.4, 0.5) is 17.6 Å². The smallest absolute Gasteiger partial charge is 0.338 e. The fourth-order valence-electron chi connectivity index (χ4n) is 1.76. The summed E-state index contributed by atoms with van der Waals surface area (Å²) in [6, 6.07) is 2.14. The number of carbonyl (C=O) groups is 1. The number of sulfonamides is 1. The molecule has 2 rings (SSSR count). The number of halogens is 4. The van der Waals surface area contributed by atoms with Crippen molar-refractivity contribution in [3.8, 4) is 0 Å². The predicted molar refractivity (Wildman–Crippen MR) is 63.3 cm³/mol. The third-order valence-electron chi connectivity index (χ3n) is 3.15. The van der Waals surface area contributed by atoms with E-state index in [2.05, 4.69) is 0 Å². The van der Waals surface area contributed by atoms with E-state index in [1.807, 2.05) is 0 Å². The summed E-state index contributed by atoms with van der Waals surface area (Å²) < 4.78 is 73.7. The van der Waals surface area contributed by atoms with E-state index in [0.29, 0.717) is 12.1 Å². The largest absolute Gasteiger partial charge is 0.411 e. The lowest BCUT2D eigenvalue weighted by Gasteiger charge is -2.20. The maximum absolute atomic E-state index is 13.3. The van der Waals surface area contributed by atoms with E-state index in [4.69, 9.17) is 5.14 Å². The summed E-state index contributed by atoms with van der Waals surface area (Å²) >= 11 is 0. The Morgan fingerprint density at radius 2 is 1.86 bits per heavy atom. The molecular weight excluding hydrogens is 316 g/mol. The Labute approximate surface area is 117 Å². The molecule has 0 unspecified atom stereocenters. The predicted octanol–water partition coefficient (Wildman–Crippen LogP) is 1.30. The molecule has 0 atom stereocenters. The molecule has 1 aromatic rings. The molecule has 1 saturated carbocycles. The maximum atomic E-state index is 13.3. The first kappa shape index (κ1) is 15.7. The number of carbonyl (C=O) groups excluding carboxylic acids is 1. The molecule has 0 aromatic heterocycles. The van der Waals surface area contributed by atoms with Crippen LogP contribution in [-0.2, 0) is 10.0 Å². The van der Waals surface area contributed by atoms with Gasteiger partial charge < -0.3 is 5.32 Å². The van der Waals surface area contributed by atoms with Gasteiger partial charge in [0.15, 0.2) is 0 Å². The highest BCUT2D eigenvalue weighted by Crippen LogP contribution is 2.49. The van der Waals surface area contributed by atoms with Crippen molar-refractivity contribution in [3.63, 3.8) is 0 Å². The summed E-state index contributed by atoms with van der Waals surface area (Å²) in [7, 11) is -4.42. The van der Waals surface area contributed by atoms with Crippen LogP contribution in [0.5, 0.6) is 0 Å². The number of nitrogens with two attached hydrogens (primary N) is 1. The number of nitrogens with one attached hydrogen (secondary N) is 1. The zero-order valence-corrected chi connectivity index (χ0v) is 11.2. The topological polar surface area (TPSA) is 89.3 Å². The van der Waals surface area contributed by atoms with Crippen molar-refractivity contribution in [1.82, 2.24) is 5.32 Å². The molecule has 10 heteroatoms. The van der Waals surface area contributed by atoms with E-state index in [9.17, 15) is 30.8 Å². The fraction of sp³-hybridized carbons (Fsp3) is 0.364. The van der Waals surface area contributed by atoms with Crippen molar-refractivity contribution in [2.24, 2.45) is 5.14 Å². The number of hydrogen-bond acceptors (Lipinski definition) is 3. The Hall–Kier alpha value is -1.68. The molecule has 5 nitrogen and oxygen atoms in total. The van der Waals surface area contributed by atoms with Gasteiger partial charge in [0.2, 0.25) is 10.0 Å². The molecule has 1 aliphatic carbocycles. The van der Waals surface area contributed by atoms with Crippen LogP contribution in [-0.4, -0.2) is 26.0 Å². The van der Waals surface area contributed by atoms with E-state index >= 15 is 0 Å². The van der Waals surface area contributed by atoms with Gasteiger partial charge in [-0.3, -0.25) is 4.79 Å². The number of amides is 1. The van der Waals surface area contributed by atoms with Gasteiger partial charge in [-0.25, -0.2) is 17.9 Å². The Morgan fingerprint density at radius 1 is 1.29 bits per heavy atom. The van der Waals surface area contributed by atoms with Gasteiger partial charge in [-0.1, -0.05) is 0 Å². The van der Waals surface area contributed by atoms with Crippen molar-refractivity contribution in [3.05, 3.63) is 29.6 Å². The number of primary sulfonamides is 1. The highest BCUT2D eigenvalue weighted by Gasteiger charge is 2.64. The first-order valence-corrected chi connectivity index (χ1v) is 7.22. The Morgan fingerprint density at radius 3 is 2.29 bits per heavy atom. The first-order valence-electron chi connectivity index (χ1n) is 5.68. The summed E-state index contributed by atoms with van der Waals surface area (Å²) in [5.74, 6) is -2.33. The number of rotatable bonds is 3. The van der Waals surface area contributed by atoms with Crippen LogP contribution in [0.2, 0.25) is 0 Å². The average molecular weight is 326 g/mol. The molecular formula is C11H10F4N2O3S. The van der Waals surface area contributed by atoms with E-state index in [-0.39, 0.29) is 12.8 Å².